The number of aliphatic hydroxyl groups excluding tert-OH is 1. The van der Waals surface area contributed by atoms with Crippen molar-refractivity contribution in [2.45, 2.75) is 19.4 Å². The van der Waals surface area contributed by atoms with E-state index >= 15 is 0 Å². The molecule has 2 nitrogen and oxygen atoms in total. The van der Waals surface area contributed by atoms with Crippen LogP contribution in [0.1, 0.15) is 13.3 Å². The van der Waals surface area contributed by atoms with Crippen LogP contribution in [0.4, 0.5) is 0 Å². The Kier molecular flexibility index (Phi) is 3.17. The molecule has 0 aromatic carbocycles. The molecule has 0 aliphatic heterocycles. The van der Waals surface area contributed by atoms with Gasteiger partial charge in [0.05, 0.1) is 6.10 Å². The van der Waals surface area contributed by atoms with Crippen molar-refractivity contribution in [3.63, 3.8) is 0 Å². The first kappa shape index (κ1) is 6.32. The van der Waals surface area contributed by atoms with Gasteiger partial charge in [0.25, 0.3) is 0 Å². The highest BCUT2D eigenvalue weighted by atomic mass is 16.3. The van der Waals surface area contributed by atoms with Crippen LogP contribution in [0.5, 0.6) is 0 Å². The zero-order chi connectivity index (χ0) is 5.70. The quantitative estimate of drug-likeness (QED) is 0.467. The lowest BCUT2D eigenvalue weighted by atomic mass is 10.3. The summed E-state index contributed by atoms with van der Waals surface area (Å²) in [5.41, 5.74) is 0. The second-order valence-electron chi connectivity index (χ2n) is 1.33. The van der Waals surface area contributed by atoms with Crippen molar-refractivity contribution in [3.05, 3.63) is 0 Å². The molecule has 0 saturated heterocycles. The van der Waals surface area contributed by atoms with Gasteiger partial charge in [-0.2, -0.15) is 0 Å². The highest BCUT2D eigenvalue weighted by Crippen LogP contribution is 1.83. The third-order valence-corrected chi connectivity index (χ3v) is 0.470. The van der Waals surface area contributed by atoms with E-state index in [1.807, 2.05) is 0 Å². The Morgan fingerprint density at radius 3 is 2.57 bits per heavy atom. The first-order chi connectivity index (χ1) is 3.27. The first-order valence-electron chi connectivity index (χ1n) is 2.05. The lowest BCUT2D eigenvalue weighted by molar-refractivity contribution is 0.200. The summed E-state index contributed by atoms with van der Waals surface area (Å²) in [6, 6.07) is 0. The molecule has 0 spiro atoms. The van der Waals surface area contributed by atoms with Crippen LogP contribution in [-0.2, 0) is 5.11 Å². The average molecular weight is 99.1 g/mol. The van der Waals surface area contributed by atoms with E-state index in [1.54, 1.807) is 6.92 Å². The molecule has 0 aromatic rings. The lowest BCUT2D eigenvalue weighted by Gasteiger charge is -1.90. The minimum absolute atomic E-state index is 0.281. The van der Waals surface area contributed by atoms with Crippen molar-refractivity contribution < 1.29 is 10.2 Å². The summed E-state index contributed by atoms with van der Waals surface area (Å²) in [6.45, 7) is 1.59. The van der Waals surface area contributed by atoms with Crippen molar-refractivity contribution >= 4 is 0 Å². The van der Waals surface area contributed by atoms with Gasteiger partial charge in [0.15, 0.2) is 6.11 Å². The molecule has 1 radical (unpaired) electrons. The number of hydrogen-bond acceptors (Lipinski definition) is 1. The molecule has 2 heteroatoms. The predicted molar refractivity (Wildman–Crippen MR) is 24.8 cm³/mol. The van der Waals surface area contributed by atoms with Crippen LogP contribution in [0.3, 0.4) is 0 Å². The van der Waals surface area contributed by atoms with Crippen LogP contribution in [0.2, 0.25) is 0 Å². The van der Waals surface area contributed by atoms with Crippen molar-refractivity contribution in [1.82, 2.24) is 0 Å². The zero-order valence-electron chi connectivity index (χ0n) is 4.14. The van der Waals surface area contributed by atoms with Gasteiger partial charge >= 0.3 is 0 Å². The molecule has 0 aliphatic rings. The molecular weight excluding hydrogens is 92.1 g/mol. The van der Waals surface area contributed by atoms with E-state index in [9.17, 15) is 5.11 Å². The molecule has 0 rings (SSSR count). The minimum Gasteiger partial charge on any atom is -0.392 e. The van der Waals surface area contributed by atoms with E-state index in [4.69, 9.17) is 5.11 Å². The Morgan fingerprint density at radius 2 is 2.43 bits per heavy atom. The topological polar surface area (TPSA) is 40.1 Å². The van der Waals surface area contributed by atoms with Crippen molar-refractivity contribution in [2.75, 3.05) is 0 Å². The van der Waals surface area contributed by atoms with E-state index in [2.05, 4.69) is 5.92 Å². The zero-order valence-corrected chi connectivity index (χ0v) is 4.14. The summed E-state index contributed by atoms with van der Waals surface area (Å²) in [4.78, 5) is 0. The molecule has 0 heterocycles. The maximum Gasteiger partial charge on any atom is 0.172 e. The number of rotatable bonds is 1. The van der Waals surface area contributed by atoms with E-state index in [0.29, 0.717) is 0 Å². The van der Waals surface area contributed by atoms with Gasteiger partial charge in [0.1, 0.15) is 0 Å². The Morgan fingerprint density at radius 1 is 1.86 bits per heavy atom. The fourth-order valence-corrected chi connectivity index (χ4v) is 0.189. The van der Waals surface area contributed by atoms with Gasteiger partial charge in [-0.05, 0) is 6.92 Å². The maximum atomic E-state index is 9.36. The summed E-state index contributed by atoms with van der Waals surface area (Å²) >= 11 is 0. The van der Waals surface area contributed by atoms with Crippen LogP contribution in [0.15, 0.2) is 0 Å². The molecule has 0 aromatic heterocycles. The molecule has 1 N–H and O–H groups in total. The summed E-state index contributed by atoms with van der Waals surface area (Å²) in [6.07, 6.45) is 1.25. The Bertz CT molecular complexity index is 86.0. The average Bonchev–Trinajstić information content (AvgIpc) is 1.61. The standard InChI is InChI=1S/C5H7O2/c1-5(7)3-2-4-6/h5,7H,3H2,1H3. The second-order valence-corrected chi connectivity index (χ2v) is 1.33. The molecule has 0 fully saturated rings. The van der Waals surface area contributed by atoms with Gasteiger partial charge in [0.2, 0.25) is 0 Å². The molecule has 7 heavy (non-hydrogen) atoms. The van der Waals surface area contributed by atoms with Gasteiger partial charge in [-0.25, -0.2) is 5.11 Å². The van der Waals surface area contributed by atoms with E-state index < -0.39 is 6.10 Å². The molecular formula is C5H7O2. The summed E-state index contributed by atoms with van der Waals surface area (Å²) in [7, 11) is 0. The fourth-order valence-electron chi connectivity index (χ4n) is 0.189. The lowest BCUT2D eigenvalue weighted by Crippen LogP contribution is -1.95. The van der Waals surface area contributed by atoms with Crippen molar-refractivity contribution in [2.24, 2.45) is 0 Å². The molecule has 1 unspecified atom stereocenters. The van der Waals surface area contributed by atoms with Gasteiger partial charge < -0.3 is 5.11 Å². The van der Waals surface area contributed by atoms with Crippen LogP contribution < -0.4 is 0 Å². The predicted octanol–water partition coefficient (Wildman–Crippen LogP) is 0.149. The highest BCUT2D eigenvalue weighted by molar-refractivity contribution is 4.90. The van der Waals surface area contributed by atoms with E-state index in [1.165, 1.54) is 6.11 Å². The normalized spacial score (nSPS) is 11.7. The van der Waals surface area contributed by atoms with Gasteiger partial charge in [-0.1, -0.05) is 5.92 Å². The summed E-state index contributed by atoms with van der Waals surface area (Å²) in [5.74, 6) is 2.19. The number of hydrogen-bond donors (Lipinski definition) is 1. The largest absolute Gasteiger partial charge is 0.392 e. The van der Waals surface area contributed by atoms with Crippen molar-refractivity contribution in [1.29, 1.82) is 0 Å². The Labute approximate surface area is 42.8 Å². The highest BCUT2D eigenvalue weighted by Gasteiger charge is 1.86. The molecule has 0 aliphatic carbocycles. The Hall–Kier alpha value is -0.680. The molecule has 39 valence electrons. The third-order valence-electron chi connectivity index (χ3n) is 0.470. The fraction of sp³-hybridized carbons (Fsp3) is 0.600. The second kappa shape index (κ2) is 3.51. The monoisotopic (exact) mass is 99.0 g/mol. The maximum absolute atomic E-state index is 9.36. The van der Waals surface area contributed by atoms with Crippen LogP contribution in [0, 0.1) is 12.0 Å². The smallest absolute Gasteiger partial charge is 0.172 e. The number of aliphatic hydroxyl groups is 1. The molecule has 0 bridgehead atoms. The van der Waals surface area contributed by atoms with Crippen molar-refractivity contribution in [3.8, 4) is 12.0 Å². The first-order valence-corrected chi connectivity index (χ1v) is 2.05. The van der Waals surface area contributed by atoms with Crippen LogP contribution >= 0.6 is 0 Å². The molecule has 0 saturated carbocycles. The summed E-state index contributed by atoms with van der Waals surface area (Å²) < 4.78 is 0. The molecule has 0 amide bonds. The molecule has 1 atom stereocenters. The van der Waals surface area contributed by atoms with Gasteiger partial charge in [-0.15, -0.1) is 0 Å². The van der Waals surface area contributed by atoms with E-state index in [-0.39, 0.29) is 6.42 Å². The van der Waals surface area contributed by atoms with Crippen LogP contribution in [0.25, 0.3) is 0 Å². The van der Waals surface area contributed by atoms with Crippen LogP contribution in [-0.4, -0.2) is 11.2 Å². The third kappa shape index (κ3) is 5.32. The van der Waals surface area contributed by atoms with E-state index in [0.717, 1.165) is 0 Å². The summed E-state index contributed by atoms with van der Waals surface area (Å²) in [5, 5.41) is 17.8. The van der Waals surface area contributed by atoms with Gasteiger partial charge in [-0.3, -0.25) is 0 Å². The minimum atomic E-state index is -0.471. The Balaban J connectivity index is 3.08. The SMILES string of the molecule is CC(O)CC#C[O]. The van der Waals surface area contributed by atoms with Gasteiger partial charge in [0, 0.05) is 6.42 Å².